The maximum atomic E-state index is 6.44. The number of hydrogen-bond acceptors (Lipinski definition) is 3. The molecule has 0 fully saturated rings. The van der Waals surface area contributed by atoms with Crippen LogP contribution in [0.1, 0.15) is 23.1 Å². The number of rotatable bonds is 5. The van der Waals surface area contributed by atoms with Crippen LogP contribution >= 0.6 is 0 Å². The van der Waals surface area contributed by atoms with E-state index in [1.54, 1.807) is 0 Å². The van der Waals surface area contributed by atoms with Crippen molar-refractivity contribution in [2.75, 3.05) is 26.7 Å². The highest BCUT2D eigenvalue weighted by Crippen LogP contribution is 2.37. The van der Waals surface area contributed by atoms with Crippen molar-refractivity contribution >= 4 is 0 Å². The van der Waals surface area contributed by atoms with E-state index in [0.717, 1.165) is 25.8 Å². The van der Waals surface area contributed by atoms with Crippen molar-refractivity contribution in [3.63, 3.8) is 0 Å². The zero-order chi connectivity index (χ0) is 16.1. The van der Waals surface area contributed by atoms with Gasteiger partial charge in [-0.2, -0.15) is 0 Å². The number of ether oxygens (including phenoxy) is 1. The molecule has 1 aliphatic heterocycles. The molecule has 3 heteroatoms. The summed E-state index contributed by atoms with van der Waals surface area (Å²) >= 11 is 0. The molecule has 0 aromatic heterocycles. The molecule has 2 aromatic carbocycles. The third-order valence-electron chi connectivity index (χ3n) is 4.74. The van der Waals surface area contributed by atoms with Gasteiger partial charge >= 0.3 is 0 Å². The van der Waals surface area contributed by atoms with Gasteiger partial charge in [0.1, 0.15) is 0 Å². The fourth-order valence-corrected chi connectivity index (χ4v) is 3.58. The molecule has 0 aliphatic carbocycles. The number of hydrogen-bond donors (Lipinski definition) is 1. The summed E-state index contributed by atoms with van der Waals surface area (Å²) < 4.78 is 6.44. The minimum Gasteiger partial charge on any atom is -0.354 e. The lowest BCUT2D eigenvalue weighted by molar-refractivity contribution is -0.151. The Morgan fingerprint density at radius 1 is 1.09 bits per heavy atom. The predicted molar refractivity (Wildman–Crippen MR) is 94.2 cm³/mol. The Kier molecular flexibility index (Phi) is 5.11. The Balaban J connectivity index is 2.08. The van der Waals surface area contributed by atoms with Crippen molar-refractivity contribution in [1.29, 1.82) is 0 Å². The van der Waals surface area contributed by atoms with Gasteiger partial charge in [-0.05, 0) is 31.0 Å². The van der Waals surface area contributed by atoms with Crippen LogP contribution in [-0.2, 0) is 23.3 Å². The number of benzene rings is 2. The summed E-state index contributed by atoms with van der Waals surface area (Å²) in [6, 6.07) is 19.3. The molecule has 3 nitrogen and oxygen atoms in total. The summed E-state index contributed by atoms with van der Waals surface area (Å²) in [5.74, 6) is 0. The first-order valence-electron chi connectivity index (χ1n) is 8.44. The van der Waals surface area contributed by atoms with Crippen LogP contribution in [0, 0.1) is 0 Å². The number of likely N-dealkylation sites (N-methyl/N-ethyl adjacent to an activating group) is 1. The van der Waals surface area contributed by atoms with Gasteiger partial charge in [0.05, 0.1) is 6.61 Å². The molecule has 2 aromatic rings. The molecule has 1 atom stereocenters. The normalized spacial score (nSPS) is 21.7. The highest BCUT2D eigenvalue weighted by molar-refractivity contribution is 5.35. The van der Waals surface area contributed by atoms with Crippen molar-refractivity contribution in [3.8, 4) is 0 Å². The molecule has 1 aliphatic rings. The molecule has 0 saturated carbocycles. The molecule has 3 rings (SSSR count). The molecule has 2 N–H and O–H groups in total. The van der Waals surface area contributed by atoms with Gasteiger partial charge in [0.15, 0.2) is 5.72 Å². The smallest absolute Gasteiger partial charge is 0.151 e. The second kappa shape index (κ2) is 7.26. The standard InChI is InChI=1S/C20H26N2O/c1-22-14-7-11-18-10-5-6-12-19(18)20(22,23-15-13-21)16-17-8-3-2-4-9-17/h2-6,8-10,12H,7,11,13-16,21H2,1H3. The van der Waals surface area contributed by atoms with Gasteiger partial charge in [-0.3, -0.25) is 4.90 Å². The van der Waals surface area contributed by atoms with Crippen molar-refractivity contribution in [2.24, 2.45) is 5.73 Å². The number of aryl methyl sites for hydroxylation is 1. The summed E-state index contributed by atoms with van der Waals surface area (Å²) in [4.78, 5) is 2.36. The van der Waals surface area contributed by atoms with Gasteiger partial charge in [0, 0.05) is 25.1 Å². The van der Waals surface area contributed by atoms with Crippen LogP contribution in [0.25, 0.3) is 0 Å². The molecule has 0 saturated heterocycles. The molecular formula is C20H26N2O. The zero-order valence-corrected chi connectivity index (χ0v) is 13.9. The molecule has 122 valence electrons. The van der Waals surface area contributed by atoms with Gasteiger partial charge in [-0.15, -0.1) is 0 Å². The van der Waals surface area contributed by atoms with E-state index in [2.05, 4.69) is 66.5 Å². The quantitative estimate of drug-likeness (QED) is 0.923. The summed E-state index contributed by atoms with van der Waals surface area (Å²) in [7, 11) is 2.17. The molecule has 0 spiro atoms. The van der Waals surface area contributed by atoms with Crippen molar-refractivity contribution in [1.82, 2.24) is 4.90 Å². The Labute approximate surface area is 139 Å². The lowest BCUT2D eigenvalue weighted by atomic mass is 9.90. The number of nitrogens with zero attached hydrogens (tertiary/aromatic N) is 1. The van der Waals surface area contributed by atoms with Crippen LogP contribution in [-0.4, -0.2) is 31.6 Å². The second-order valence-electron chi connectivity index (χ2n) is 6.27. The van der Waals surface area contributed by atoms with Crippen molar-refractivity contribution < 1.29 is 4.74 Å². The zero-order valence-electron chi connectivity index (χ0n) is 13.9. The minimum atomic E-state index is -0.437. The fraction of sp³-hybridized carbons (Fsp3) is 0.400. The summed E-state index contributed by atoms with van der Waals surface area (Å²) in [5.41, 5.74) is 9.29. The van der Waals surface area contributed by atoms with Gasteiger partial charge in [0.25, 0.3) is 0 Å². The van der Waals surface area contributed by atoms with Crippen LogP contribution < -0.4 is 5.73 Å². The van der Waals surface area contributed by atoms with E-state index < -0.39 is 5.72 Å². The van der Waals surface area contributed by atoms with Crippen LogP contribution in [0.15, 0.2) is 54.6 Å². The highest BCUT2D eigenvalue weighted by Gasteiger charge is 2.40. The van der Waals surface area contributed by atoms with E-state index in [4.69, 9.17) is 10.5 Å². The number of nitrogens with two attached hydrogens (primary N) is 1. The molecule has 0 amide bonds. The molecular weight excluding hydrogens is 284 g/mol. The molecule has 1 heterocycles. The van der Waals surface area contributed by atoms with Crippen LogP contribution in [0.3, 0.4) is 0 Å². The lowest BCUT2D eigenvalue weighted by Gasteiger charge is -2.42. The maximum Gasteiger partial charge on any atom is 0.151 e. The summed E-state index contributed by atoms with van der Waals surface area (Å²) in [6.07, 6.45) is 3.08. The average Bonchev–Trinajstić information content (AvgIpc) is 2.72. The molecule has 23 heavy (non-hydrogen) atoms. The van der Waals surface area contributed by atoms with E-state index in [1.807, 2.05) is 0 Å². The third kappa shape index (κ3) is 3.32. The molecule has 0 bridgehead atoms. The topological polar surface area (TPSA) is 38.5 Å². The van der Waals surface area contributed by atoms with Gasteiger partial charge < -0.3 is 10.5 Å². The van der Waals surface area contributed by atoms with E-state index in [1.165, 1.54) is 16.7 Å². The van der Waals surface area contributed by atoms with Gasteiger partial charge in [0.2, 0.25) is 0 Å². The Morgan fingerprint density at radius 2 is 1.83 bits per heavy atom. The van der Waals surface area contributed by atoms with Crippen molar-refractivity contribution in [2.45, 2.75) is 25.0 Å². The van der Waals surface area contributed by atoms with E-state index >= 15 is 0 Å². The third-order valence-corrected chi connectivity index (χ3v) is 4.74. The van der Waals surface area contributed by atoms with E-state index in [0.29, 0.717) is 13.2 Å². The summed E-state index contributed by atoms with van der Waals surface area (Å²) in [5, 5.41) is 0. The molecule has 0 radical (unpaired) electrons. The first kappa shape index (κ1) is 16.2. The second-order valence-corrected chi connectivity index (χ2v) is 6.27. The van der Waals surface area contributed by atoms with Crippen molar-refractivity contribution in [3.05, 3.63) is 71.3 Å². The lowest BCUT2D eigenvalue weighted by Crippen LogP contribution is -2.48. The Bertz CT molecular complexity index is 629. The maximum absolute atomic E-state index is 6.44. The minimum absolute atomic E-state index is 0.437. The number of fused-ring (bicyclic) bond motifs is 1. The summed E-state index contributed by atoms with van der Waals surface area (Å²) in [6.45, 7) is 2.12. The Hall–Kier alpha value is -1.68. The largest absolute Gasteiger partial charge is 0.354 e. The Morgan fingerprint density at radius 3 is 2.61 bits per heavy atom. The first-order chi connectivity index (χ1) is 11.3. The van der Waals surface area contributed by atoms with Gasteiger partial charge in [-0.1, -0.05) is 54.6 Å². The fourth-order valence-electron chi connectivity index (χ4n) is 3.58. The SMILES string of the molecule is CN1CCCc2ccccc2C1(Cc1ccccc1)OCCN. The van der Waals surface area contributed by atoms with Crippen LogP contribution in [0.5, 0.6) is 0 Å². The first-order valence-corrected chi connectivity index (χ1v) is 8.44. The monoisotopic (exact) mass is 310 g/mol. The van der Waals surface area contributed by atoms with E-state index in [9.17, 15) is 0 Å². The van der Waals surface area contributed by atoms with Crippen LogP contribution in [0.2, 0.25) is 0 Å². The van der Waals surface area contributed by atoms with Crippen LogP contribution in [0.4, 0.5) is 0 Å². The highest BCUT2D eigenvalue weighted by atomic mass is 16.5. The van der Waals surface area contributed by atoms with Gasteiger partial charge in [-0.25, -0.2) is 0 Å². The molecule has 1 unspecified atom stereocenters. The average molecular weight is 310 g/mol. The predicted octanol–water partition coefficient (Wildman–Crippen LogP) is 2.94. The van der Waals surface area contributed by atoms with E-state index in [-0.39, 0.29) is 0 Å².